The topological polar surface area (TPSA) is 102 Å². The van der Waals surface area contributed by atoms with E-state index in [-0.39, 0.29) is 6.61 Å². The number of ether oxygens (including phenoxy) is 2. The smallest absolute Gasteiger partial charge is 0.408 e. The Morgan fingerprint density at radius 1 is 1.26 bits per heavy atom. The van der Waals surface area contributed by atoms with Crippen LogP contribution < -0.4 is 5.32 Å². The van der Waals surface area contributed by atoms with E-state index in [1.54, 1.807) is 27.7 Å². The maximum absolute atomic E-state index is 11.6. The molecule has 0 aliphatic carbocycles. The molecule has 0 aliphatic rings. The van der Waals surface area contributed by atoms with Gasteiger partial charge in [0.25, 0.3) is 0 Å². The molecule has 0 spiro atoms. The first-order valence-electron chi connectivity index (χ1n) is 6.03. The minimum Gasteiger partial charge on any atom is -0.481 e. The molecule has 0 unspecified atom stereocenters. The zero-order chi connectivity index (χ0) is 15.1. The fourth-order valence-electron chi connectivity index (χ4n) is 1.12. The number of carbonyl (C=O) groups is 3. The van der Waals surface area contributed by atoms with Gasteiger partial charge in [-0.2, -0.15) is 0 Å². The number of alkyl carbamates (subject to hydrolysis) is 1. The van der Waals surface area contributed by atoms with Crippen LogP contribution in [-0.2, 0) is 19.1 Å². The lowest BCUT2D eigenvalue weighted by Gasteiger charge is -2.22. The highest BCUT2D eigenvalue weighted by atomic mass is 16.6. The van der Waals surface area contributed by atoms with E-state index in [4.69, 9.17) is 14.6 Å². The highest BCUT2D eigenvalue weighted by Gasteiger charge is 2.27. The van der Waals surface area contributed by atoms with Gasteiger partial charge in [-0.05, 0) is 27.2 Å². The van der Waals surface area contributed by atoms with Crippen molar-refractivity contribution in [1.29, 1.82) is 0 Å². The first-order valence-corrected chi connectivity index (χ1v) is 6.03. The SMILES string of the molecule is CCCOC(=O)[C@H](CC(=O)O)NC(=O)OC(C)(C)C. The van der Waals surface area contributed by atoms with Crippen molar-refractivity contribution in [2.45, 2.75) is 52.2 Å². The van der Waals surface area contributed by atoms with Crippen molar-refractivity contribution in [1.82, 2.24) is 5.32 Å². The lowest BCUT2D eigenvalue weighted by atomic mass is 10.2. The van der Waals surface area contributed by atoms with Gasteiger partial charge in [-0.3, -0.25) is 4.79 Å². The fraction of sp³-hybridized carbons (Fsp3) is 0.750. The molecule has 110 valence electrons. The van der Waals surface area contributed by atoms with Crippen molar-refractivity contribution in [2.75, 3.05) is 6.61 Å². The second-order valence-corrected chi connectivity index (χ2v) is 4.96. The van der Waals surface area contributed by atoms with Crippen LogP contribution in [-0.4, -0.2) is 41.4 Å². The van der Waals surface area contributed by atoms with Crippen molar-refractivity contribution in [3.05, 3.63) is 0 Å². The van der Waals surface area contributed by atoms with Crippen LogP contribution in [0.4, 0.5) is 4.79 Å². The molecule has 7 heteroatoms. The van der Waals surface area contributed by atoms with Crippen molar-refractivity contribution in [3.8, 4) is 0 Å². The Morgan fingerprint density at radius 3 is 2.26 bits per heavy atom. The lowest BCUT2D eigenvalue weighted by Crippen LogP contribution is -2.45. The number of hydrogen-bond donors (Lipinski definition) is 2. The Labute approximate surface area is 112 Å². The first kappa shape index (κ1) is 17.2. The Hall–Kier alpha value is -1.79. The quantitative estimate of drug-likeness (QED) is 0.708. The highest BCUT2D eigenvalue weighted by molar-refractivity contribution is 5.85. The van der Waals surface area contributed by atoms with Crippen LogP contribution in [0.2, 0.25) is 0 Å². The highest BCUT2D eigenvalue weighted by Crippen LogP contribution is 2.07. The van der Waals surface area contributed by atoms with Gasteiger partial charge in [0.15, 0.2) is 0 Å². The molecule has 19 heavy (non-hydrogen) atoms. The number of amides is 1. The van der Waals surface area contributed by atoms with Crippen LogP contribution >= 0.6 is 0 Å². The lowest BCUT2D eigenvalue weighted by molar-refractivity contribution is -0.150. The zero-order valence-electron chi connectivity index (χ0n) is 11.7. The predicted molar refractivity (Wildman–Crippen MR) is 66.7 cm³/mol. The summed E-state index contributed by atoms with van der Waals surface area (Å²) in [7, 11) is 0. The number of nitrogens with one attached hydrogen (secondary N) is 1. The summed E-state index contributed by atoms with van der Waals surface area (Å²) in [4.78, 5) is 33.7. The maximum Gasteiger partial charge on any atom is 0.408 e. The van der Waals surface area contributed by atoms with E-state index >= 15 is 0 Å². The Balaban J connectivity index is 4.54. The first-order chi connectivity index (χ1) is 8.65. The molecule has 1 atom stereocenters. The summed E-state index contributed by atoms with van der Waals surface area (Å²) in [6.45, 7) is 6.96. The van der Waals surface area contributed by atoms with Crippen LogP contribution in [0, 0.1) is 0 Å². The average molecular weight is 275 g/mol. The van der Waals surface area contributed by atoms with Crippen LogP contribution in [0.15, 0.2) is 0 Å². The van der Waals surface area contributed by atoms with E-state index in [9.17, 15) is 14.4 Å². The number of esters is 1. The van der Waals surface area contributed by atoms with Gasteiger partial charge in [0.05, 0.1) is 13.0 Å². The predicted octanol–water partition coefficient (Wildman–Crippen LogP) is 1.31. The summed E-state index contributed by atoms with van der Waals surface area (Å²) in [5.74, 6) is -2.00. The average Bonchev–Trinajstić information content (AvgIpc) is 2.21. The molecule has 0 saturated carbocycles. The third-order valence-electron chi connectivity index (χ3n) is 1.80. The van der Waals surface area contributed by atoms with Gasteiger partial charge in [0.1, 0.15) is 11.6 Å². The molecular formula is C12H21NO6. The van der Waals surface area contributed by atoms with E-state index in [0.717, 1.165) is 0 Å². The number of aliphatic carboxylic acids is 1. The molecular weight excluding hydrogens is 254 g/mol. The van der Waals surface area contributed by atoms with Gasteiger partial charge in [-0.25, -0.2) is 9.59 Å². The van der Waals surface area contributed by atoms with Crippen molar-refractivity contribution in [2.24, 2.45) is 0 Å². The number of carboxylic acid groups (broad SMARTS) is 1. The molecule has 0 bridgehead atoms. The van der Waals surface area contributed by atoms with Crippen molar-refractivity contribution >= 4 is 18.0 Å². The summed E-state index contributed by atoms with van der Waals surface area (Å²) in [6, 6.07) is -1.25. The van der Waals surface area contributed by atoms with E-state index in [1.165, 1.54) is 0 Å². The van der Waals surface area contributed by atoms with Crippen molar-refractivity contribution < 1.29 is 29.0 Å². The maximum atomic E-state index is 11.6. The summed E-state index contributed by atoms with van der Waals surface area (Å²) in [5.41, 5.74) is -0.731. The molecule has 0 aromatic carbocycles. The van der Waals surface area contributed by atoms with E-state index in [2.05, 4.69) is 5.32 Å². The Morgan fingerprint density at radius 2 is 1.84 bits per heavy atom. The monoisotopic (exact) mass is 275 g/mol. The normalized spacial score (nSPS) is 12.4. The van der Waals surface area contributed by atoms with Gasteiger partial charge >= 0.3 is 18.0 Å². The summed E-state index contributed by atoms with van der Waals surface area (Å²) in [6.07, 6.45) is -0.799. The molecule has 2 N–H and O–H groups in total. The summed E-state index contributed by atoms with van der Waals surface area (Å²) in [5, 5.41) is 10.9. The molecule has 0 aromatic heterocycles. The van der Waals surface area contributed by atoms with Gasteiger partial charge in [0.2, 0.25) is 0 Å². The minimum absolute atomic E-state index is 0.172. The molecule has 1 amide bonds. The minimum atomic E-state index is -1.25. The number of hydrogen-bond acceptors (Lipinski definition) is 5. The third-order valence-corrected chi connectivity index (χ3v) is 1.80. The molecule has 0 aliphatic heterocycles. The van der Waals surface area contributed by atoms with E-state index in [1.807, 2.05) is 0 Å². The molecule has 7 nitrogen and oxygen atoms in total. The molecule has 0 heterocycles. The molecule has 0 saturated heterocycles. The molecule has 0 fully saturated rings. The molecule has 0 rings (SSSR count). The number of carboxylic acids is 1. The fourth-order valence-corrected chi connectivity index (χ4v) is 1.12. The van der Waals surface area contributed by atoms with Gasteiger partial charge in [-0.1, -0.05) is 6.92 Å². The number of carbonyl (C=O) groups excluding carboxylic acids is 2. The largest absolute Gasteiger partial charge is 0.481 e. The molecule has 0 aromatic rings. The van der Waals surface area contributed by atoms with Gasteiger partial charge in [0, 0.05) is 0 Å². The van der Waals surface area contributed by atoms with Crippen LogP contribution in [0.1, 0.15) is 40.5 Å². The summed E-state index contributed by atoms with van der Waals surface area (Å²) >= 11 is 0. The van der Waals surface area contributed by atoms with Crippen LogP contribution in [0.3, 0.4) is 0 Å². The zero-order valence-corrected chi connectivity index (χ0v) is 11.7. The van der Waals surface area contributed by atoms with Crippen LogP contribution in [0.25, 0.3) is 0 Å². The third kappa shape index (κ3) is 8.87. The van der Waals surface area contributed by atoms with E-state index < -0.39 is 36.1 Å². The number of rotatable bonds is 6. The summed E-state index contributed by atoms with van der Waals surface area (Å²) < 4.78 is 9.77. The van der Waals surface area contributed by atoms with Gasteiger partial charge < -0.3 is 19.9 Å². The second kappa shape index (κ2) is 7.60. The molecule has 0 radical (unpaired) electrons. The van der Waals surface area contributed by atoms with Gasteiger partial charge in [-0.15, -0.1) is 0 Å². The van der Waals surface area contributed by atoms with Crippen LogP contribution in [0.5, 0.6) is 0 Å². The van der Waals surface area contributed by atoms with E-state index in [0.29, 0.717) is 6.42 Å². The Kier molecular flexibility index (Phi) is 6.89. The Bertz CT molecular complexity index is 334. The van der Waals surface area contributed by atoms with Crippen molar-refractivity contribution in [3.63, 3.8) is 0 Å². The second-order valence-electron chi connectivity index (χ2n) is 4.96. The standard InChI is InChI=1S/C12H21NO6/c1-5-6-18-10(16)8(7-9(14)15)13-11(17)19-12(2,3)4/h8H,5-7H2,1-4H3,(H,13,17)(H,14,15)/t8-/m0/s1.